The fourth-order valence-corrected chi connectivity index (χ4v) is 3.06. The molecule has 2 amide bonds. The summed E-state index contributed by atoms with van der Waals surface area (Å²) >= 11 is 5.58. The van der Waals surface area contributed by atoms with E-state index in [1.54, 1.807) is 19.0 Å². The van der Waals surface area contributed by atoms with Crippen molar-refractivity contribution in [2.45, 2.75) is 19.1 Å². The SMILES string of the molecule is CC(c1ccccc1)N(C)C(=O)CN(C)CC(=O)Nc1ccc(Cl)c(C(F)(F)F)c1. The summed E-state index contributed by atoms with van der Waals surface area (Å²) in [7, 11) is 3.27. The molecule has 0 radical (unpaired) electrons. The minimum absolute atomic E-state index is 0.0183. The standard InChI is InChI=1S/C21H23ClF3N3O2/c1-14(15-7-5-4-6-8-15)28(3)20(30)13-27(2)12-19(29)26-16-9-10-18(22)17(11-16)21(23,24)25/h4-11,14H,12-13H2,1-3H3,(H,26,29). The maximum absolute atomic E-state index is 12.9. The fourth-order valence-electron chi connectivity index (χ4n) is 2.84. The van der Waals surface area contributed by atoms with Crippen molar-refractivity contribution in [3.05, 3.63) is 64.7 Å². The average Bonchev–Trinajstić information content (AvgIpc) is 2.67. The van der Waals surface area contributed by atoms with Crippen LogP contribution in [0.15, 0.2) is 48.5 Å². The molecule has 0 aromatic heterocycles. The number of hydrogen-bond acceptors (Lipinski definition) is 3. The largest absolute Gasteiger partial charge is 0.417 e. The molecular weight excluding hydrogens is 419 g/mol. The Morgan fingerprint density at radius 2 is 1.70 bits per heavy atom. The number of halogens is 4. The summed E-state index contributed by atoms with van der Waals surface area (Å²) in [6, 6.07) is 12.5. The number of alkyl halides is 3. The van der Waals surface area contributed by atoms with Crippen LogP contribution in [0.2, 0.25) is 5.02 Å². The average molecular weight is 442 g/mol. The van der Waals surface area contributed by atoms with Gasteiger partial charge in [0.25, 0.3) is 0 Å². The highest BCUT2D eigenvalue weighted by Gasteiger charge is 2.33. The molecule has 0 fully saturated rings. The van der Waals surface area contributed by atoms with Crippen molar-refractivity contribution >= 4 is 29.1 Å². The van der Waals surface area contributed by atoms with Crippen LogP contribution in [-0.4, -0.2) is 48.8 Å². The second-order valence-corrected chi connectivity index (χ2v) is 7.41. The summed E-state index contributed by atoms with van der Waals surface area (Å²) in [4.78, 5) is 27.8. The number of rotatable bonds is 7. The van der Waals surface area contributed by atoms with Gasteiger partial charge in [0, 0.05) is 12.7 Å². The minimum atomic E-state index is -4.62. The predicted octanol–water partition coefficient (Wildman–Crippen LogP) is 4.45. The summed E-state index contributed by atoms with van der Waals surface area (Å²) in [6.07, 6.45) is -4.62. The van der Waals surface area contributed by atoms with Crippen molar-refractivity contribution in [2.24, 2.45) is 0 Å². The summed E-state index contributed by atoms with van der Waals surface area (Å²) < 4.78 is 38.8. The molecule has 0 aliphatic heterocycles. The van der Waals surface area contributed by atoms with E-state index in [4.69, 9.17) is 11.6 Å². The molecule has 0 saturated heterocycles. The molecule has 9 heteroatoms. The van der Waals surface area contributed by atoms with E-state index in [1.165, 1.54) is 11.0 Å². The fraction of sp³-hybridized carbons (Fsp3) is 0.333. The Morgan fingerprint density at radius 1 is 1.07 bits per heavy atom. The van der Waals surface area contributed by atoms with Crippen molar-refractivity contribution in [1.29, 1.82) is 0 Å². The van der Waals surface area contributed by atoms with E-state index < -0.39 is 22.7 Å². The lowest BCUT2D eigenvalue weighted by molar-refractivity contribution is -0.137. The van der Waals surface area contributed by atoms with Gasteiger partial charge in [0.05, 0.1) is 29.7 Å². The molecule has 5 nitrogen and oxygen atoms in total. The van der Waals surface area contributed by atoms with Crippen LogP contribution in [0.25, 0.3) is 0 Å². The van der Waals surface area contributed by atoms with Gasteiger partial charge in [-0.2, -0.15) is 13.2 Å². The van der Waals surface area contributed by atoms with Crippen LogP contribution in [0.4, 0.5) is 18.9 Å². The van der Waals surface area contributed by atoms with E-state index in [9.17, 15) is 22.8 Å². The third-order valence-electron chi connectivity index (χ3n) is 4.63. The van der Waals surface area contributed by atoms with Gasteiger partial charge in [-0.05, 0) is 37.7 Å². The number of benzene rings is 2. The summed E-state index contributed by atoms with van der Waals surface area (Å²) in [5.41, 5.74) is -0.0646. The molecular formula is C21H23ClF3N3O2. The molecule has 0 aliphatic rings. The molecule has 30 heavy (non-hydrogen) atoms. The Labute approximate surface area is 178 Å². The lowest BCUT2D eigenvalue weighted by Crippen LogP contribution is -2.40. The molecule has 2 aromatic rings. The highest BCUT2D eigenvalue weighted by molar-refractivity contribution is 6.31. The smallest absolute Gasteiger partial charge is 0.338 e. The van der Waals surface area contributed by atoms with E-state index in [1.807, 2.05) is 37.3 Å². The van der Waals surface area contributed by atoms with Gasteiger partial charge < -0.3 is 10.2 Å². The zero-order chi connectivity index (χ0) is 22.5. The summed E-state index contributed by atoms with van der Waals surface area (Å²) in [5, 5.41) is 1.95. The van der Waals surface area contributed by atoms with Crippen molar-refractivity contribution < 1.29 is 22.8 Å². The van der Waals surface area contributed by atoms with Crippen molar-refractivity contribution in [3.8, 4) is 0 Å². The van der Waals surface area contributed by atoms with Crippen LogP contribution in [0.1, 0.15) is 24.1 Å². The molecule has 1 unspecified atom stereocenters. The molecule has 0 saturated carbocycles. The maximum Gasteiger partial charge on any atom is 0.417 e. The van der Waals surface area contributed by atoms with Crippen LogP contribution in [0, 0.1) is 0 Å². The van der Waals surface area contributed by atoms with E-state index in [-0.39, 0.29) is 30.7 Å². The monoisotopic (exact) mass is 441 g/mol. The van der Waals surface area contributed by atoms with Gasteiger partial charge in [0.1, 0.15) is 0 Å². The molecule has 1 N–H and O–H groups in total. The van der Waals surface area contributed by atoms with Crippen LogP contribution in [-0.2, 0) is 15.8 Å². The van der Waals surface area contributed by atoms with E-state index in [0.29, 0.717) is 0 Å². The molecule has 2 aromatic carbocycles. The normalized spacial score (nSPS) is 12.5. The van der Waals surface area contributed by atoms with Crippen LogP contribution in [0.5, 0.6) is 0 Å². The Hall–Kier alpha value is -2.58. The van der Waals surface area contributed by atoms with Crippen molar-refractivity contribution in [1.82, 2.24) is 9.80 Å². The maximum atomic E-state index is 12.9. The molecule has 162 valence electrons. The summed E-state index contributed by atoms with van der Waals surface area (Å²) in [6.45, 7) is 1.72. The number of carbonyl (C=O) groups excluding carboxylic acids is 2. The van der Waals surface area contributed by atoms with Gasteiger partial charge in [0.15, 0.2) is 0 Å². The Balaban J connectivity index is 1.92. The zero-order valence-electron chi connectivity index (χ0n) is 16.8. The van der Waals surface area contributed by atoms with E-state index >= 15 is 0 Å². The molecule has 0 spiro atoms. The van der Waals surface area contributed by atoms with Gasteiger partial charge >= 0.3 is 6.18 Å². The molecule has 1 atom stereocenters. The number of likely N-dealkylation sites (N-methyl/N-ethyl adjacent to an activating group) is 2. The van der Waals surface area contributed by atoms with Crippen molar-refractivity contribution in [2.75, 3.05) is 32.5 Å². The highest BCUT2D eigenvalue weighted by Crippen LogP contribution is 2.36. The highest BCUT2D eigenvalue weighted by atomic mass is 35.5. The van der Waals surface area contributed by atoms with Gasteiger partial charge in [-0.25, -0.2) is 0 Å². The first-order valence-corrected chi connectivity index (χ1v) is 9.52. The lowest BCUT2D eigenvalue weighted by atomic mass is 10.1. The number of nitrogens with one attached hydrogen (secondary N) is 1. The second kappa shape index (κ2) is 9.95. The van der Waals surface area contributed by atoms with Crippen molar-refractivity contribution in [3.63, 3.8) is 0 Å². The Morgan fingerprint density at radius 3 is 2.30 bits per heavy atom. The third kappa shape index (κ3) is 6.47. The number of hydrogen-bond donors (Lipinski definition) is 1. The zero-order valence-corrected chi connectivity index (χ0v) is 17.6. The Kier molecular flexibility index (Phi) is 7.86. The number of anilines is 1. The van der Waals surface area contributed by atoms with Crippen LogP contribution in [0.3, 0.4) is 0 Å². The molecule has 0 heterocycles. The Bertz CT molecular complexity index is 891. The molecule has 0 bridgehead atoms. The predicted molar refractivity (Wildman–Crippen MR) is 110 cm³/mol. The van der Waals surface area contributed by atoms with Crippen LogP contribution < -0.4 is 5.32 Å². The van der Waals surface area contributed by atoms with E-state index in [2.05, 4.69) is 5.32 Å². The first kappa shape index (κ1) is 23.7. The van der Waals surface area contributed by atoms with Gasteiger partial charge in [-0.3, -0.25) is 14.5 Å². The van der Waals surface area contributed by atoms with Crippen LogP contribution >= 0.6 is 11.6 Å². The van der Waals surface area contributed by atoms with Gasteiger partial charge in [-0.15, -0.1) is 0 Å². The minimum Gasteiger partial charge on any atom is -0.338 e. The lowest BCUT2D eigenvalue weighted by Gasteiger charge is -2.27. The molecule has 2 rings (SSSR count). The first-order chi connectivity index (χ1) is 14.0. The topological polar surface area (TPSA) is 52.7 Å². The summed E-state index contributed by atoms with van der Waals surface area (Å²) in [5.74, 6) is -0.730. The third-order valence-corrected chi connectivity index (χ3v) is 4.96. The van der Waals surface area contributed by atoms with E-state index in [0.717, 1.165) is 17.7 Å². The molecule has 0 aliphatic carbocycles. The quantitative estimate of drug-likeness (QED) is 0.690. The second-order valence-electron chi connectivity index (χ2n) is 7.00. The first-order valence-electron chi connectivity index (χ1n) is 9.14. The number of carbonyl (C=O) groups is 2. The van der Waals surface area contributed by atoms with Gasteiger partial charge in [-0.1, -0.05) is 41.9 Å². The number of nitrogens with zero attached hydrogens (tertiary/aromatic N) is 2. The number of amides is 2. The van der Waals surface area contributed by atoms with Gasteiger partial charge in [0.2, 0.25) is 11.8 Å².